The van der Waals surface area contributed by atoms with Crippen molar-refractivity contribution in [3.63, 3.8) is 0 Å². The van der Waals surface area contributed by atoms with Crippen LogP contribution in [0.1, 0.15) is 99.8 Å². The lowest BCUT2D eigenvalue weighted by atomic mass is 9.72. The molecule has 5 rings (SSSR count). The largest absolute Gasteiger partial charge is 0.458 e. The Kier molecular flexibility index (Phi) is 15.5. The number of ether oxygens (including phenoxy) is 7. The summed E-state index contributed by atoms with van der Waals surface area (Å²) in [6.45, 7) is 16.5. The van der Waals surface area contributed by atoms with Crippen LogP contribution >= 0.6 is 0 Å². The lowest BCUT2D eigenvalue weighted by Crippen LogP contribution is -2.59. The molecule has 3 aromatic rings. The molecular formula is C49H54N2O15. The van der Waals surface area contributed by atoms with E-state index >= 15 is 4.79 Å². The van der Waals surface area contributed by atoms with E-state index in [0.29, 0.717) is 0 Å². The van der Waals surface area contributed by atoms with E-state index < -0.39 is 124 Å². The molecule has 2 aromatic heterocycles. The minimum Gasteiger partial charge on any atom is -0.458 e. The number of allylic oxidation sites excluding steroid dienone is 1. The van der Waals surface area contributed by atoms with E-state index in [1.807, 2.05) is 0 Å². The molecule has 0 aliphatic heterocycles. The normalized spacial score (nSPS) is 27.6. The average Bonchev–Trinajstić information content (AvgIpc) is 3.49. The zero-order valence-corrected chi connectivity index (χ0v) is 38.2. The number of rotatable bonds is 11. The number of esters is 7. The first kappa shape index (κ1) is 50.0. The molecule has 350 valence electrons. The summed E-state index contributed by atoms with van der Waals surface area (Å²) in [5.41, 5.74) is -6.46. The van der Waals surface area contributed by atoms with Gasteiger partial charge in [0.25, 0.3) is 0 Å². The summed E-state index contributed by atoms with van der Waals surface area (Å²) in [4.78, 5) is 120. The van der Waals surface area contributed by atoms with Crippen molar-refractivity contribution in [2.45, 2.75) is 110 Å². The van der Waals surface area contributed by atoms with Crippen molar-refractivity contribution in [2.75, 3.05) is 0 Å². The summed E-state index contributed by atoms with van der Waals surface area (Å²) < 4.78 is 43.1. The van der Waals surface area contributed by atoms with E-state index in [1.54, 1.807) is 32.0 Å². The molecular weight excluding hydrogens is 857 g/mol. The van der Waals surface area contributed by atoms with E-state index in [2.05, 4.69) is 16.5 Å². The summed E-state index contributed by atoms with van der Waals surface area (Å²) in [6, 6.07) is 13.5. The molecule has 0 amide bonds. The van der Waals surface area contributed by atoms with E-state index in [4.69, 9.17) is 33.2 Å². The second kappa shape index (κ2) is 20.4. The summed E-state index contributed by atoms with van der Waals surface area (Å²) in [5, 5.41) is 0. The monoisotopic (exact) mass is 910 g/mol. The van der Waals surface area contributed by atoms with Crippen LogP contribution < -0.4 is 0 Å². The molecule has 1 saturated carbocycles. The molecule has 17 nitrogen and oxygen atoms in total. The van der Waals surface area contributed by atoms with Crippen LogP contribution in [-0.2, 0) is 57.1 Å². The Morgan fingerprint density at radius 1 is 0.667 bits per heavy atom. The van der Waals surface area contributed by atoms with Crippen molar-refractivity contribution in [1.82, 2.24) is 9.97 Å². The maximum absolute atomic E-state index is 15.5. The molecule has 0 radical (unpaired) electrons. The van der Waals surface area contributed by atoms with Crippen LogP contribution in [-0.4, -0.2) is 99.3 Å². The fraction of sp³-hybridized carbons (Fsp3) is 0.429. The average molecular weight is 911 g/mol. The molecule has 2 heterocycles. The molecule has 66 heavy (non-hydrogen) atoms. The Morgan fingerprint density at radius 2 is 1.23 bits per heavy atom. The first-order valence-corrected chi connectivity index (χ1v) is 21.2. The van der Waals surface area contributed by atoms with Crippen LogP contribution in [0.4, 0.5) is 0 Å². The lowest BCUT2D eigenvalue weighted by Gasteiger charge is -2.44. The van der Waals surface area contributed by atoms with Crippen LogP contribution in [0.3, 0.4) is 0 Å². The van der Waals surface area contributed by atoms with Gasteiger partial charge in [0.15, 0.2) is 41.4 Å². The Labute approximate surface area is 382 Å². The number of pyridine rings is 2. The van der Waals surface area contributed by atoms with Crippen molar-refractivity contribution in [3.8, 4) is 0 Å². The van der Waals surface area contributed by atoms with Gasteiger partial charge < -0.3 is 33.2 Å². The molecule has 0 bridgehead atoms. The minimum atomic E-state index is -2.50. The van der Waals surface area contributed by atoms with E-state index in [0.717, 1.165) is 20.8 Å². The molecule has 2 aliphatic rings. The highest BCUT2D eigenvalue weighted by atomic mass is 16.6. The topological polar surface area (TPSA) is 227 Å². The lowest BCUT2D eigenvalue weighted by molar-refractivity contribution is -0.190. The predicted molar refractivity (Wildman–Crippen MR) is 232 cm³/mol. The molecule has 1 aromatic carbocycles. The molecule has 0 unspecified atom stereocenters. The fourth-order valence-electron chi connectivity index (χ4n) is 8.31. The summed E-state index contributed by atoms with van der Waals surface area (Å²) >= 11 is 0. The molecule has 0 spiro atoms. The Hall–Kier alpha value is -7.04. The highest BCUT2D eigenvalue weighted by Crippen LogP contribution is 2.54. The van der Waals surface area contributed by atoms with Gasteiger partial charge in [0, 0.05) is 68.9 Å². The number of Topliss-reactive ketones (excluding diaryl/α,β-unsaturated/α-hetero) is 1. The minimum absolute atomic E-state index is 0.00332. The number of hydrogen-bond acceptors (Lipinski definition) is 17. The maximum Gasteiger partial charge on any atom is 0.340 e. The second-order valence-corrected chi connectivity index (χ2v) is 17.4. The molecule has 0 N–H and O–H groups in total. The quantitative estimate of drug-likeness (QED) is 0.123. The van der Waals surface area contributed by atoms with Gasteiger partial charge in [-0.15, -0.1) is 0 Å². The summed E-state index contributed by atoms with van der Waals surface area (Å²) in [6.07, 6.45) is -1.59. The number of nitrogens with zero attached hydrogens (tertiary/aromatic N) is 2. The molecule has 2 aliphatic carbocycles. The number of fused-ring (bicyclic) bond motifs is 1. The zero-order chi connectivity index (χ0) is 48.7. The first-order valence-electron chi connectivity index (χ1n) is 21.2. The zero-order valence-electron chi connectivity index (χ0n) is 38.2. The third-order valence-corrected chi connectivity index (χ3v) is 11.3. The summed E-state index contributed by atoms with van der Waals surface area (Å²) in [5.74, 6) is -11.5. The van der Waals surface area contributed by atoms with E-state index in [-0.39, 0.29) is 16.7 Å². The molecule has 0 saturated heterocycles. The number of hydrogen-bond donors (Lipinski definition) is 0. The fourth-order valence-corrected chi connectivity index (χ4v) is 8.31. The smallest absolute Gasteiger partial charge is 0.340 e. The molecule has 9 atom stereocenters. The van der Waals surface area contributed by atoms with Gasteiger partial charge in [0.1, 0.15) is 6.10 Å². The van der Waals surface area contributed by atoms with E-state index in [1.165, 1.54) is 101 Å². The molecule has 1 fully saturated rings. The van der Waals surface area contributed by atoms with E-state index in [9.17, 15) is 33.6 Å². The predicted octanol–water partition coefficient (Wildman–Crippen LogP) is 5.95. The van der Waals surface area contributed by atoms with Crippen LogP contribution in [0.2, 0.25) is 0 Å². The Bertz CT molecular complexity index is 2370. The van der Waals surface area contributed by atoms with Gasteiger partial charge in [-0.2, -0.15) is 0 Å². The Morgan fingerprint density at radius 3 is 1.76 bits per heavy atom. The van der Waals surface area contributed by atoms with Crippen molar-refractivity contribution >= 4 is 47.6 Å². The third kappa shape index (κ3) is 11.1. The van der Waals surface area contributed by atoms with Gasteiger partial charge in [-0.3, -0.25) is 33.9 Å². The van der Waals surface area contributed by atoms with Crippen LogP contribution in [0.15, 0.2) is 104 Å². The van der Waals surface area contributed by atoms with Crippen LogP contribution in [0.25, 0.3) is 0 Å². The van der Waals surface area contributed by atoms with Crippen LogP contribution in [0.5, 0.6) is 0 Å². The van der Waals surface area contributed by atoms with Crippen molar-refractivity contribution in [3.05, 3.63) is 120 Å². The van der Waals surface area contributed by atoms with Crippen LogP contribution in [0, 0.1) is 23.2 Å². The Balaban J connectivity index is 1.90. The maximum atomic E-state index is 15.5. The van der Waals surface area contributed by atoms with Crippen molar-refractivity contribution in [1.29, 1.82) is 0 Å². The van der Waals surface area contributed by atoms with Gasteiger partial charge in [-0.1, -0.05) is 71.5 Å². The number of aromatic nitrogens is 2. The number of ketones is 1. The highest BCUT2D eigenvalue weighted by molar-refractivity contribution is 5.95. The third-order valence-electron chi connectivity index (χ3n) is 11.3. The number of carbonyl (C=O) groups is 8. The van der Waals surface area contributed by atoms with Gasteiger partial charge >= 0.3 is 41.8 Å². The number of carbonyl (C=O) groups excluding carboxylic acids is 8. The first-order chi connectivity index (χ1) is 31.0. The SMILES string of the molecule is C=C1[C@H](OC(=O)c2ccccc2)[C@@H](OC(C)=O)[C@@H](OC(=O)c2cccnc2)C(C)(C)/C=C/[C@H](C)C(=O)[C@@]2(OC(C)=O)C[C@@](C)(OC(=O)c3cccnc3)[C@H](OC(C)=O)[C@@H]2[C@H]1OC(=O)C(C)C. The van der Waals surface area contributed by atoms with Crippen molar-refractivity contribution < 1.29 is 71.5 Å². The molecule has 17 heteroatoms. The number of benzene rings is 1. The summed E-state index contributed by atoms with van der Waals surface area (Å²) in [7, 11) is 0. The second-order valence-electron chi connectivity index (χ2n) is 17.4. The van der Waals surface area contributed by atoms with Gasteiger partial charge in [0.2, 0.25) is 0 Å². The van der Waals surface area contributed by atoms with Gasteiger partial charge in [0.05, 0.1) is 28.5 Å². The highest BCUT2D eigenvalue weighted by Gasteiger charge is 2.72. The van der Waals surface area contributed by atoms with Gasteiger partial charge in [-0.25, -0.2) is 14.4 Å². The van der Waals surface area contributed by atoms with Crippen molar-refractivity contribution in [2.24, 2.45) is 23.2 Å². The standard InChI is InChI=1S/C49H54N2O15/c1-27(2)43(56)62-37-29(4)38(63-44(57)33-16-12-11-13-17-33)39(60-30(5)52)42(64-45(58)34-18-14-22-50-24-34)47(8,9)21-20-28(3)40(55)49(65-32(7)54)26-48(10,41(36(37)49)61-31(6)53)66-46(59)35-19-15-23-51-25-35/h11-25,27-28,36-39,41-42H,4,26H2,1-3,5-10H3/b21-20+/t28-,36-,37-,38-,39+,41+,42+,48+,49+/m0/s1. The van der Waals surface area contributed by atoms with Gasteiger partial charge in [-0.05, 0) is 43.3 Å².